The molecular weight excluding hydrogens is 290 g/mol. The zero-order chi connectivity index (χ0) is 14.2. The number of epoxide rings is 1. The van der Waals surface area contributed by atoms with Gasteiger partial charge in [0.05, 0.1) is 6.61 Å². The second kappa shape index (κ2) is 5.06. The normalized spacial score (nSPS) is 17.1. The number of halogens is 1. The Morgan fingerprint density at radius 2 is 2.00 bits per heavy atom. The number of hydrogen-bond acceptors (Lipinski definition) is 4. The Hall–Kier alpha value is -2.04. The quantitative estimate of drug-likeness (QED) is 0.685. The molecule has 1 saturated heterocycles. The third-order valence-corrected chi connectivity index (χ3v) is 3.54. The first-order valence-electron chi connectivity index (χ1n) is 6.69. The molecule has 1 aliphatic heterocycles. The molecule has 0 radical (unpaired) electrons. The molecule has 2 aromatic carbocycles. The molecule has 106 valence electrons. The van der Waals surface area contributed by atoms with E-state index >= 15 is 0 Å². The lowest BCUT2D eigenvalue weighted by Gasteiger charge is -2.02. The van der Waals surface area contributed by atoms with Crippen LogP contribution in [0.5, 0.6) is 5.75 Å². The summed E-state index contributed by atoms with van der Waals surface area (Å²) in [6.45, 7) is 1.36. The number of benzene rings is 2. The molecule has 0 aliphatic carbocycles. The van der Waals surface area contributed by atoms with E-state index in [0.717, 1.165) is 29.0 Å². The van der Waals surface area contributed by atoms with Gasteiger partial charge < -0.3 is 13.9 Å². The average molecular weight is 302 g/mol. The van der Waals surface area contributed by atoms with Crippen LogP contribution in [0.15, 0.2) is 46.9 Å². The molecule has 1 aliphatic rings. The molecule has 0 amide bonds. The molecule has 4 nitrogen and oxygen atoms in total. The zero-order valence-electron chi connectivity index (χ0n) is 11.1. The van der Waals surface area contributed by atoms with Crippen LogP contribution in [0.25, 0.3) is 22.6 Å². The fourth-order valence-corrected chi connectivity index (χ4v) is 2.19. The van der Waals surface area contributed by atoms with Gasteiger partial charge in [0.2, 0.25) is 5.89 Å². The number of oxazole rings is 1. The van der Waals surface area contributed by atoms with Crippen molar-refractivity contribution in [3.8, 4) is 17.2 Å². The largest absolute Gasteiger partial charge is 0.491 e. The molecule has 0 bridgehead atoms. The Kier molecular flexibility index (Phi) is 3.05. The van der Waals surface area contributed by atoms with Crippen LogP contribution in [0.1, 0.15) is 0 Å². The standard InChI is InChI=1S/C16H12ClNO3/c17-11-3-1-10(2-4-11)16-18-14-7-12(5-6-15(14)21-16)19-8-13-9-20-13/h1-7,13H,8-9H2. The minimum Gasteiger partial charge on any atom is -0.491 e. The lowest BCUT2D eigenvalue weighted by atomic mass is 10.2. The van der Waals surface area contributed by atoms with Gasteiger partial charge in [-0.1, -0.05) is 11.6 Å². The van der Waals surface area contributed by atoms with Crippen LogP contribution in [0.2, 0.25) is 5.02 Å². The zero-order valence-corrected chi connectivity index (χ0v) is 11.8. The van der Waals surface area contributed by atoms with Crippen molar-refractivity contribution in [1.29, 1.82) is 0 Å². The summed E-state index contributed by atoms with van der Waals surface area (Å²) >= 11 is 5.89. The molecule has 2 heterocycles. The second-order valence-electron chi connectivity index (χ2n) is 4.92. The van der Waals surface area contributed by atoms with E-state index in [1.54, 1.807) is 0 Å². The van der Waals surface area contributed by atoms with Gasteiger partial charge in [-0.3, -0.25) is 0 Å². The Labute approximate surface area is 126 Å². The molecule has 0 spiro atoms. The van der Waals surface area contributed by atoms with Crippen LogP contribution in [0.3, 0.4) is 0 Å². The van der Waals surface area contributed by atoms with E-state index in [1.807, 2.05) is 42.5 Å². The van der Waals surface area contributed by atoms with Gasteiger partial charge in [-0.15, -0.1) is 0 Å². The smallest absolute Gasteiger partial charge is 0.227 e. The van der Waals surface area contributed by atoms with Gasteiger partial charge in [0, 0.05) is 16.7 Å². The number of nitrogens with zero attached hydrogens (tertiary/aromatic N) is 1. The van der Waals surface area contributed by atoms with Gasteiger partial charge in [0.25, 0.3) is 0 Å². The third kappa shape index (κ3) is 2.73. The van der Waals surface area contributed by atoms with Crippen LogP contribution in [-0.4, -0.2) is 24.3 Å². The Balaban J connectivity index is 1.63. The summed E-state index contributed by atoms with van der Waals surface area (Å²) in [6.07, 6.45) is 0.239. The van der Waals surface area contributed by atoms with Gasteiger partial charge in [-0.2, -0.15) is 0 Å². The van der Waals surface area contributed by atoms with Crippen LogP contribution in [0, 0.1) is 0 Å². The van der Waals surface area contributed by atoms with E-state index < -0.39 is 0 Å². The molecule has 21 heavy (non-hydrogen) atoms. The molecule has 1 fully saturated rings. The summed E-state index contributed by atoms with van der Waals surface area (Å²) in [5.41, 5.74) is 2.40. The van der Waals surface area contributed by atoms with E-state index in [1.165, 1.54) is 0 Å². The molecular formula is C16H12ClNO3. The highest BCUT2D eigenvalue weighted by atomic mass is 35.5. The number of rotatable bonds is 4. The first kappa shape index (κ1) is 12.7. The van der Waals surface area contributed by atoms with Gasteiger partial charge in [0.1, 0.15) is 24.0 Å². The maximum Gasteiger partial charge on any atom is 0.227 e. The van der Waals surface area contributed by atoms with Crippen LogP contribution < -0.4 is 4.74 Å². The summed E-state index contributed by atoms with van der Waals surface area (Å²) in [5, 5.41) is 0.688. The lowest BCUT2D eigenvalue weighted by Crippen LogP contribution is -2.03. The van der Waals surface area contributed by atoms with E-state index in [0.29, 0.717) is 17.5 Å². The highest BCUT2D eigenvalue weighted by Crippen LogP contribution is 2.28. The van der Waals surface area contributed by atoms with Gasteiger partial charge in [0.15, 0.2) is 5.58 Å². The molecule has 1 aromatic heterocycles. The Morgan fingerprint density at radius 1 is 1.19 bits per heavy atom. The van der Waals surface area contributed by atoms with Crippen molar-refractivity contribution < 1.29 is 13.9 Å². The fraction of sp³-hybridized carbons (Fsp3) is 0.188. The van der Waals surface area contributed by atoms with Crippen LogP contribution >= 0.6 is 11.6 Å². The number of aromatic nitrogens is 1. The molecule has 4 rings (SSSR count). The first-order valence-corrected chi connectivity index (χ1v) is 7.07. The summed E-state index contributed by atoms with van der Waals surface area (Å²) in [7, 11) is 0. The summed E-state index contributed by atoms with van der Waals surface area (Å²) in [4.78, 5) is 4.50. The lowest BCUT2D eigenvalue weighted by molar-refractivity contribution is 0.263. The van der Waals surface area contributed by atoms with Crippen LogP contribution in [0.4, 0.5) is 0 Å². The van der Waals surface area contributed by atoms with Crippen molar-refractivity contribution in [2.75, 3.05) is 13.2 Å². The van der Waals surface area contributed by atoms with Crippen molar-refractivity contribution in [3.63, 3.8) is 0 Å². The highest BCUT2D eigenvalue weighted by Gasteiger charge is 2.23. The maximum atomic E-state index is 5.89. The number of ether oxygens (including phenoxy) is 2. The highest BCUT2D eigenvalue weighted by molar-refractivity contribution is 6.30. The molecule has 1 unspecified atom stereocenters. The van der Waals surface area contributed by atoms with E-state index in [9.17, 15) is 0 Å². The van der Waals surface area contributed by atoms with E-state index in [2.05, 4.69) is 4.98 Å². The van der Waals surface area contributed by atoms with Gasteiger partial charge in [-0.25, -0.2) is 4.98 Å². The summed E-state index contributed by atoms with van der Waals surface area (Å²) in [6, 6.07) is 13.0. The third-order valence-electron chi connectivity index (χ3n) is 3.29. The monoisotopic (exact) mass is 301 g/mol. The fourth-order valence-electron chi connectivity index (χ4n) is 2.07. The summed E-state index contributed by atoms with van der Waals surface area (Å²) in [5.74, 6) is 1.35. The predicted molar refractivity (Wildman–Crippen MR) is 79.7 cm³/mol. The van der Waals surface area contributed by atoms with Crippen molar-refractivity contribution in [1.82, 2.24) is 4.98 Å². The van der Waals surface area contributed by atoms with Gasteiger partial charge >= 0.3 is 0 Å². The minimum absolute atomic E-state index is 0.239. The molecule has 1 atom stereocenters. The van der Waals surface area contributed by atoms with Crippen molar-refractivity contribution in [3.05, 3.63) is 47.5 Å². The minimum atomic E-state index is 0.239. The molecule has 0 saturated carbocycles. The van der Waals surface area contributed by atoms with Gasteiger partial charge in [-0.05, 0) is 36.4 Å². The van der Waals surface area contributed by atoms with Crippen molar-refractivity contribution in [2.45, 2.75) is 6.10 Å². The topological polar surface area (TPSA) is 47.8 Å². The second-order valence-corrected chi connectivity index (χ2v) is 5.36. The SMILES string of the molecule is Clc1ccc(-c2nc3cc(OCC4CO4)ccc3o2)cc1. The summed E-state index contributed by atoms with van der Waals surface area (Å²) < 4.78 is 16.5. The van der Waals surface area contributed by atoms with E-state index in [-0.39, 0.29) is 6.10 Å². The first-order chi connectivity index (χ1) is 10.3. The number of fused-ring (bicyclic) bond motifs is 1. The maximum absolute atomic E-state index is 5.89. The molecule has 5 heteroatoms. The van der Waals surface area contributed by atoms with E-state index in [4.69, 9.17) is 25.5 Å². The predicted octanol–water partition coefficient (Wildman–Crippen LogP) is 3.93. The van der Waals surface area contributed by atoms with Crippen molar-refractivity contribution in [2.24, 2.45) is 0 Å². The molecule has 0 N–H and O–H groups in total. The molecule has 3 aromatic rings. The van der Waals surface area contributed by atoms with Crippen LogP contribution in [-0.2, 0) is 4.74 Å². The number of hydrogen-bond donors (Lipinski definition) is 0. The average Bonchev–Trinajstić information content (AvgIpc) is 3.23. The Bertz CT molecular complexity index is 778. The van der Waals surface area contributed by atoms with Crippen molar-refractivity contribution >= 4 is 22.7 Å². The Morgan fingerprint density at radius 3 is 2.76 bits per heavy atom.